The first-order chi connectivity index (χ1) is 11.3. The van der Waals surface area contributed by atoms with E-state index >= 15 is 0 Å². The Morgan fingerprint density at radius 2 is 2.21 bits per heavy atom. The molecule has 5 nitrogen and oxygen atoms in total. The van der Waals surface area contributed by atoms with Gasteiger partial charge in [0.1, 0.15) is 5.82 Å². The molecule has 2 aromatic heterocycles. The van der Waals surface area contributed by atoms with Gasteiger partial charge in [0.2, 0.25) is 5.91 Å². The van der Waals surface area contributed by atoms with Crippen molar-refractivity contribution in [2.45, 2.75) is 58.4 Å². The highest BCUT2D eigenvalue weighted by Crippen LogP contribution is 2.27. The third-order valence-electron chi connectivity index (χ3n) is 4.53. The second-order valence-electron chi connectivity index (χ2n) is 7.59. The number of carbonyl (C=O) groups excluding carboxylic acids is 1. The summed E-state index contributed by atoms with van der Waals surface area (Å²) < 4.78 is 2.19. The molecule has 1 amide bonds. The van der Waals surface area contributed by atoms with Gasteiger partial charge in [0.15, 0.2) is 0 Å². The predicted octanol–water partition coefficient (Wildman–Crippen LogP) is 3.35. The summed E-state index contributed by atoms with van der Waals surface area (Å²) in [7, 11) is 0. The van der Waals surface area contributed by atoms with Crippen LogP contribution in [0.5, 0.6) is 0 Å². The third-order valence-corrected chi connectivity index (χ3v) is 5.85. The minimum Gasteiger partial charge on any atom is -0.340 e. The predicted molar refractivity (Wildman–Crippen MR) is 96.3 cm³/mol. The molecule has 6 heteroatoms. The number of aromatic nitrogens is 3. The second-order valence-corrected chi connectivity index (χ2v) is 8.45. The number of likely N-dealkylation sites (tertiary alicyclic amines) is 1. The Bertz CT molecular complexity index is 713. The van der Waals surface area contributed by atoms with Crippen LogP contribution in [0, 0.1) is 6.92 Å². The zero-order chi connectivity index (χ0) is 17.3. The Morgan fingerprint density at radius 1 is 1.42 bits per heavy atom. The van der Waals surface area contributed by atoms with Gasteiger partial charge >= 0.3 is 0 Å². The molecule has 1 aliphatic heterocycles. The first kappa shape index (κ1) is 17.1. The molecule has 0 saturated carbocycles. The third kappa shape index (κ3) is 3.69. The zero-order valence-electron chi connectivity index (χ0n) is 15.0. The molecule has 130 valence electrons. The van der Waals surface area contributed by atoms with Gasteiger partial charge in [-0.2, -0.15) is 0 Å². The number of thiazole rings is 1. The van der Waals surface area contributed by atoms with Crippen LogP contribution >= 0.6 is 11.3 Å². The van der Waals surface area contributed by atoms with Crippen LogP contribution in [0.2, 0.25) is 0 Å². The Balaban J connectivity index is 1.64. The van der Waals surface area contributed by atoms with Crippen LogP contribution in [0.4, 0.5) is 0 Å². The maximum absolute atomic E-state index is 12.7. The molecule has 0 aliphatic carbocycles. The van der Waals surface area contributed by atoms with Crippen LogP contribution in [-0.4, -0.2) is 38.4 Å². The summed E-state index contributed by atoms with van der Waals surface area (Å²) in [6.07, 6.45) is 6.40. The molecule has 2 aromatic rings. The second kappa shape index (κ2) is 6.67. The average molecular weight is 347 g/mol. The Morgan fingerprint density at radius 3 is 2.83 bits per heavy atom. The normalized spacial score (nSPS) is 18.8. The molecule has 0 aromatic carbocycles. The molecule has 0 N–H and O–H groups in total. The van der Waals surface area contributed by atoms with Gasteiger partial charge < -0.3 is 9.47 Å². The van der Waals surface area contributed by atoms with Gasteiger partial charge in [0, 0.05) is 36.3 Å². The average Bonchev–Trinajstić information content (AvgIpc) is 3.16. The minimum absolute atomic E-state index is 0.0428. The molecular formula is C18H26N4OS. The number of hydrogen-bond acceptors (Lipinski definition) is 4. The van der Waals surface area contributed by atoms with Gasteiger partial charge in [-0.05, 0) is 19.8 Å². The van der Waals surface area contributed by atoms with Crippen molar-refractivity contribution in [3.63, 3.8) is 0 Å². The highest BCUT2D eigenvalue weighted by atomic mass is 32.1. The van der Waals surface area contributed by atoms with E-state index in [1.54, 1.807) is 11.3 Å². The lowest BCUT2D eigenvalue weighted by Gasteiger charge is -2.34. The molecule has 0 radical (unpaired) electrons. The van der Waals surface area contributed by atoms with Crippen LogP contribution in [0.25, 0.3) is 0 Å². The molecule has 3 rings (SSSR count). The number of carbonyl (C=O) groups is 1. The Labute approximate surface area is 147 Å². The Hall–Kier alpha value is -1.69. The van der Waals surface area contributed by atoms with Crippen molar-refractivity contribution < 1.29 is 4.79 Å². The van der Waals surface area contributed by atoms with E-state index in [4.69, 9.17) is 0 Å². The van der Waals surface area contributed by atoms with Crippen molar-refractivity contribution in [1.29, 1.82) is 0 Å². The standard InChI is InChI=1S/C18H26N4OS/c1-13-19-7-9-22(13)15-6-5-8-21(11-15)16(23)10-14-12-24-17(20-14)18(2,3)4/h7,9,12,15H,5-6,8,10-11H2,1-4H3/t15-/m0/s1. The summed E-state index contributed by atoms with van der Waals surface area (Å²) in [6, 6.07) is 0.339. The molecule has 0 bridgehead atoms. The van der Waals surface area contributed by atoms with E-state index in [2.05, 4.69) is 35.3 Å². The van der Waals surface area contributed by atoms with Crippen LogP contribution < -0.4 is 0 Å². The summed E-state index contributed by atoms with van der Waals surface area (Å²) in [5, 5.41) is 3.12. The quantitative estimate of drug-likeness (QED) is 0.856. The largest absolute Gasteiger partial charge is 0.340 e. The molecular weight excluding hydrogens is 320 g/mol. The fourth-order valence-corrected chi connectivity index (χ4v) is 4.09. The molecule has 24 heavy (non-hydrogen) atoms. The van der Waals surface area contributed by atoms with E-state index in [1.807, 2.05) is 29.6 Å². The van der Waals surface area contributed by atoms with E-state index in [-0.39, 0.29) is 11.3 Å². The number of hydrogen-bond donors (Lipinski definition) is 0. The first-order valence-electron chi connectivity index (χ1n) is 8.56. The Kier molecular flexibility index (Phi) is 4.76. The van der Waals surface area contributed by atoms with Crippen LogP contribution in [-0.2, 0) is 16.6 Å². The van der Waals surface area contributed by atoms with Gasteiger partial charge in [-0.15, -0.1) is 11.3 Å². The van der Waals surface area contributed by atoms with Crippen molar-refractivity contribution in [3.8, 4) is 0 Å². The minimum atomic E-state index is 0.0428. The van der Waals surface area contributed by atoms with E-state index in [9.17, 15) is 4.79 Å². The molecule has 1 fully saturated rings. The molecule has 0 spiro atoms. The molecule has 1 saturated heterocycles. The maximum Gasteiger partial charge on any atom is 0.228 e. The van der Waals surface area contributed by atoms with Gasteiger partial charge in [-0.3, -0.25) is 4.79 Å². The van der Waals surface area contributed by atoms with Crippen molar-refractivity contribution in [1.82, 2.24) is 19.4 Å². The molecule has 1 aliphatic rings. The summed E-state index contributed by atoms with van der Waals surface area (Å²) in [5.74, 6) is 1.20. The number of aryl methyl sites for hydroxylation is 1. The van der Waals surface area contributed by atoms with Crippen molar-refractivity contribution in [2.24, 2.45) is 0 Å². The van der Waals surface area contributed by atoms with E-state index < -0.39 is 0 Å². The SMILES string of the molecule is Cc1nccn1[C@H]1CCCN(C(=O)Cc2csc(C(C)(C)C)n2)C1. The lowest BCUT2D eigenvalue weighted by molar-refractivity contribution is -0.132. The van der Waals surface area contributed by atoms with Crippen LogP contribution in [0.1, 0.15) is 56.2 Å². The lowest BCUT2D eigenvalue weighted by Crippen LogP contribution is -2.41. The van der Waals surface area contributed by atoms with Crippen molar-refractivity contribution >= 4 is 17.2 Å². The molecule has 3 heterocycles. The number of rotatable bonds is 3. The number of nitrogens with zero attached hydrogens (tertiary/aromatic N) is 4. The van der Waals surface area contributed by atoms with Crippen LogP contribution in [0.3, 0.4) is 0 Å². The summed E-state index contributed by atoms with van der Waals surface area (Å²) in [4.78, 5) is 23.6. The van der Waals surface area contributed by atoms with Crippen molar-refractivity contribution in [3.05, 3.63) is 34.3 Å². The van der Waals surface area contributed by atoms with E-state index in [1.165, 1.54) is 0 Å². The summed E-state index contributed by atoms with van der Waals surface area (Å²) in [6.45, 7) is 10.1. The van der Waals surface area contributed by atoms with Crippen LogP contribution in [0.15, 0.2) is 17.8 Å². The fraction of sp³-hybridized carbons (Fsp3) is 0.611. The highest BCUT2D eigenvalue weighted by Gasteiger charge is 2.26. The first-order valence-corrected chi connectivity index (χ1v) is 9.44. The number of piperidine rings is 1. The molecule has 1 atom stereocenters. The van der Waals surface area contributed by atoms with E-state index in [0.29, 0.717) is 12.5 Å². The summed E-state index contributed by atoms with van der Waals surface area (Å²) >= 11 is 1.65. The van der Waals surface area contributed by atoms with Crippen molar-refractivity contribution in [2.75, 3.05) is 13.1 Å². The summed E-state index contributed by atoms with van der Waals surface area (Å²) in [5.41, 5.74) is 0.942. The monoisotopic (exact) mass is 346 g/mol. The lowest BCUT2D eigenvalue weighted by atomic mass is 9.98. The van der Waals surface area contributed by atoms with Gasteiger partial charge in [0.05, 0.1) is 23.2 Å². The number of imidazole rings is 1. The molecule has 0 unspecified atom stereocenters. The van der Waals surface area contributed by atoms with Gasteiger partial charge in [-0.1, -0.05) is 20.8 Å². The van der Waals surface area contributed by atoms with Gasteiger partial charge in [0.25, 0.3) is 0 Å². The van der Waals surface area contributed by atoms with Gasteiger partial charge in [-0.25, -0.2) is 9.97 Å². The maximum atomic E-state index is 12.7. The zero-order valence-corrected chi connectivity index (χ0v) is 15.8. The highest BCUT2D eigenvalue weighted by molar-refractivity contribution is 7.09. The fourth-order valence-electron chi connectivity index (χ4n) is 3.18. The topological polar surface area (TPSA) is 51.0 Å². The number of amides is 1. The van der Waals surface area contributed by atoms with E-state index in [0.717, 1.165) is 42.5 Å². The smallest absolute Gasteiger partial charge is 0.228 e.